The fourth-order valence-corrected chi connectivity index (χ4v) is 1.41. The molecule has 7 nitrogen and oxygen atoms in total. The zero-order valence-electron chi connectivity index (χ0n) is 9.46. The largest absolute Gasteiger partial charge is 0.481 e. The highest BCUT2D eigenvalue weighted by Gasteiger charge is 2.26. The van der Waals surface area contributed by atoms with Crippen molar-refractivity contribution in [2.45, 2.75) is 38.3 Å². The summed E-state index contributed by atoms with van der Waals surface area (Å²) in [5.41, 5.74) is 0.351. The maximum Gasteiger partial charge on any atom is 0.309 e. The number of nitrogens with zero attached hydrogens (tertiary/aromatic N) is 3. The Morgan fingerprint density at radius 3 is 2.94 bits per heavy atom. The summed E-state index contributed by atoms with van der Waals surface area (Å²) in [5.74, 6) is -1.08. The van der Waals surface area contributed by atoms with Crippen molar-refractivity contribution in [1.29, 1.82) is 0 Å². The quantitative estimate of drug-likeness (QED) is 0.737. The van der Waals surface area contributed by atoms with Crippen molar-refractivity contribution in [3.05, 3.63) is 11.9 Å². The first-order valence-corrected chi connectivity index (χ1v) is 5.49. The van der Waals surface area contributed by atoms with Crippen LogP contribution in [-0.2, 0) is 16.0 Å². The molecule has 0 saturated heterocycles. The summed E-state index contributed by atoms with van der Waals surface area (Å²) in [6.45, 7) is 1.71. The standard InChI is InChI=1S/C10H14N4O3/c1-6(10(17)11-7-2-3-7)14-5-8(12-13-14)4-9(15)16/h5-7H,2-4H2,1H3,(H,11,17)(H,15,16). The van der Waals surface area contributed by atoms with Crippen LogP contribution in [0, 0.1) is 0 Å². The van der Waals surface area contributed by atoms with Crippen molar-refractivity contribution in [2.24, 2.45) is 0 Å². The van der Waals surface area contributed by atoms with Crippen LogP contribution in [0.15, 0.2) is 6.20 Å². The summed E-state index contributed by atoms with van der Waals surface area (Å²) in [4.78, 5) is 22.2. The molecule has 1 aliphatic rings. The fraction of sp³-hybridized carbons (Fsp3) is 0.600. The zero-order chi connectivity index (χ0) is 12.4. The van der Waals surface area contributed by atoms with Gasteiger partial charge in [-0.25, -0.2) is 4.68 Å². The lowest BCUT2D eigenvalue weighted by Gasteiger charge is -2.10. The minimum absolute atomic E-state index is 0.112. The van der Waals surface area contributed by atoms with E-state index in [1.54, 1.807) is 6.92 Å². The van der Waals surface area contributed by atoms with E-state index in [1.807, 2.05) is 0 Å². The van der Waals surface area contributed by atoms with E-state index in [-0.39, 0.29) is 12.3 Å². The average molecular weight is 238 g/mol. The summed E-state index contributed by atoms with van der Waals surface area (Å²) < 4.78 is 1.38. The highest BCUT2D eigenvalue weighted by Crippen LogP contribution is 2.19. The molecule has 1 unspecified atom stereocenters. The molecule has 0 radical (unpaired) electrons. The molecule has 0 aromatic carbocycles. The highest BCUT2D eigenvalue weighted by molar-refractivity contribution is 5.80. The van der Waals surface area contributed by atoms with Gasteiger partial charge in [0.15, 0.2) is 0 Å². The van der Waals surface area contributed by atoms with Gasteiger partial charge in [-0.15, -0.1) is 5.10 Å². The van der Waals surface area contributed by atoms with Crippen LogP contribution in [0.4, 0.5) is 0 Å². The average Bonchev–Trinajstić information content (AvgIpc) is 2.94. The van der Waals surface area contributed by atoms with Crippen molar-refractivity contribution >= 4 is 11.9 Å². The Bertz CT molecular complexity index is 439. The predicted octanol–water partition coefficient (Wildman–Crippen LogP) is -0.255. The molecule has 1 saturated carbocycles. The Morgan fingerprint density at radius 2 is 2.35 bits per heavy atom. The van der Waals surface area contributed by atoms with Crippen molar-refractivity contribution in [2.75, 3.05) is 0 Å². The SMILES string of the molecule is CC(C(=O)NC1CC1)n1cc(CC(=O)O)nn1. The Kier molecular flexibility index (Phi) is 3.08. The molecule has 1 amide bonds. The third-order valence-electron chi connectivity index (χ3n) is 2.59. The van der Waals surface area contributed by atoms with Gasteiger partial charge in [-0.3, -0.25) is 9.59 Å². The number of carbonyl (C=O) groups is 2. The van der Waals surface area contributed by atoms with Crippen LogP contribution >= 0.6 is 0 Å². The molecule has 1 fully saturated rings. The molecule has 1 aliphatic carbocycles. The van der Waals surface area contributed by atoms with Gasteiger partial charge in [-0.2, -0.15) is 0 Å². The third-order valence-corrected chi connectivity index (χ3v) is 2.59. The van der Waals surface area contributed by atoms with E-state index in [2.05, 4.69) is 15.6 Å². The first-order valence-electron chi connectivity index (χ1n) is 5.49. The Labute approximate surface area is 97.8 Å². The second kappa shape index (κ2) is 4.52. The third kappa shape index (κ3) is 3.02. The van der Waals surface area contributed by atoms with Gasteiger partial charge < -0.3 is 10.4 Å². The number of carboxylic acid groups (broad SMARTS) is 1. The molecule has 1 aromatic rings. The van der Waals surface area contributed by atoms with Crippen molar-refractivity contribution < 1.29 is 14.7 Å². The van der Waals surface area contributed by atoms with Gasteiger partial charge >= 0.3 is 5.97 Å². The van der Waals surface area contributed by atoms with Crippen LogP contribution < -0.4 is 5.32 Å². The molecule has 0 bridgehead atoms. The topological polar surface area (TPSA) is 97.1 Å². The second-order valence-corrected chi connectivity index (χ2v) is 4.22. The number of aliphatic carboxylic acids is 1. The van der Waals surface area contributed by atoms with Crippen molar-refractivity contribution in [3.63, 3.8) is 0 Å². The minimum Gasteiger partial charge on any atom is -0.481 e. The zero-order valence-corrected chi connectivity index (χ0v) is 9.46. The van der Waals surface area contributed by atoms with E-state index in [1.165, 1.54) is 10.9 Å². The molecule has 0 aliphatic heterocycles. The lowest BCUT2D eigenvalue weighted by Crippen LogP contribution is -2.32. The van der Waals surface area contributed by atoms with Crippen molar-refractivity contribution in [3.8, 4) is 0 Å². The number of carbonyl (C=O) groups excluding carboxylic acids is 1. The normalized spacial score (nSPS) is 16.5. The number of amides is 1. The Balaban J connectivity index is 1.97. The van der Waals surface area contributed by atoms with Gasteiger partial charge in [0.25, 0.3) is 0 Å². The smallest absolute Gasteiger partial charge is 0.309 e. The van der Waals surface area contributed by atoms with E-state index in [0.29, 0.717) is 11.7 Å². The number of carboxylic acids is 1. The van der Waals surface area contributed by atoms with Gasteiger partial charge in [0.05, 0.1) is 12.1 Å². The predicted molar refractivity (Wildman–Crippen MR) is 57.2 cm³/mol. The molecule has 2 rings (SSSR count). The molecule has 92 valence electrons. The van der Waals surface area contributed by atoms with Crippen LogP contribution in [0.1, 0.15) is 31.5 Å². The van der Waals surface area contributed by atoms with Gasteiger partial charge in [0, 0.05) is 12.2 Å². The van der Waals surface area contributed by atoms with Crippen LogP contribution in [0.3, 0.4) is 0 Å². The Morgan fingerprint density at radius 1 is 1.65 bits per heavy atom. The van der Waals surface area contributed by atoms with Gasteiger partial charge in [0.2, 0.25) is 5.91 Å². The number of nitrogens with one attached hydrogen (secondary N) is 1. The van der Waals surface area contributed by atoms with E-state index in [4.69, 9.17) is 5.11 Å². The van der Waals surface area contributed by atoms with Gasteiger partial charge in [-0.1, -0.05) is 5.21 Å². The van der Waals surface area contributed by atoms with E-state index >= 15 is 0 Å². The van der Waals surface area contributed by atoms with E-state index in [0.717, 1.165) is 12.8 Å². The van der Waals surface area contributed by atoms with Crippen LogP contribution in [0.25, 0.3) is 0 Å². The monoisotopic (exact) mass is 238 g/mol. The first-order chi connectivity index (χ1) is 8.06. The lowest BCUT2D eigenvalue weighted by atomic mass is 10.3. The highest BCUT2D eigenvalue weighted by atomic mass is 16.4. The molecular formula is C10H14N4O3. The maximum atomic E-state index is 11.7. The summed E-state index contributed by atoms with van der Waals surface area (Å²) in [6.07, 6.45) is 3.36. The number of hydrogen-bond acceptors (Lipinski definition) is 4. The van der Waals surface area contributed by atoms with Crippen LogP contribution in [0.2, 0.25) is 0 Å². The lowest BCUT2D eigenvalue weighted by molar-refractivity contribution is -0.136. The van der Waals surface area contributed by atoms with Gasteiger partial charge in [-0.05, 0) is 19.8 Å². The fourth-order valence-electron chi connectivity index (χ4n) is 1.41. The summed E-state index contributed by atoms with van der Waals surface area (Å²) in [6, 6.07) is -0.169. The molecular weight excluding hydrogens is 224 g/mol. The first kappa shape index (κ1) is 11.6. The molecule has 1 aromatic heterocycles. The minimum atomic E-state index is -0.966. The number of hydrogen-bond donors (Lipinski definition) is 2. The number of rotatable bonds is 5. The van der Waals surface area contributed by atoms with Crippen LogP contribution in [-0.4, -0.2) is 38.0 Å². The number of aromatic nitrogens is 3. The van der Waals surface area contributed by atoms with Gasteiger partial charge in [0.1, 0.15) is 6.04 Å². The van der Waals surface area contributed by atoms with Crippen molar-refractivity contribution in [1.82, 2.24) is 20.3 Å². The molecule has 0 spiro atoms. The molecule has 1 heterocycles. The van der Waals surface area contributed by atoms with Crippen LogP contribution in [0.5, 0.6) is 0 Å². The summed E-state index contributed by atoms with van der Waals surface area (Å²) in [7, 11) is 0. The van der Waals surface area contributed by atoms with E-state index < -0.39 is 12.0 Å². The summed E-state index contributed by atoms with van der Waals surface area (Å²) >= 11 is 0. The second-order valence-electron chi connectivity index (χ2n) is 4.22. The Hall–Kier alpha value is -1.92. The summed E-state index contributed by atoms with van der Waals surface area (Å²) in [5, 5.41) is 18.9. The maximum absolute atomic E-state index is 11.7. The van der Waals surface area contributed by atoms with E-state index in [9.17, 15) is 9.59 Å². The molecule has 2 N–H and O–H groups in total. The molecule has 7 heteroatoms. The molecule has 1 atom stereocenters. The molecule has 17 heavy (non-hydrogen) atoms.